The minimum Gasteiger partial charge on any atom is -0.484 e. The van der Waals surface area contributed by atoms with Crippen LogP contribution in [0.15, 0.2) is 48.5 Å². The van der Waals surface area contributed by atoms with Crippen LogP contribution in [0.2, 0.25) is 0 Å². The third kappa shape index (κ3) is 3.99. The van der Waals surface area contributed by atoms with Gasteiger partial charge in [-0.3, -0.25) is 4.79 Å². The predicted octanol–water partition coefficient (Wildman–Crippen LogP) is 4.46. The maximum absolute atomic E-state index is 12.4. The van der Waals surface area contributed by atoms with Crippen LogP contribution in [0.25, 0.3) is 10.2 Å². The predicted molar refractivity (Wildman–Crippen MR) is 102 cm³/mol. The molecule has 4 nitrogen and oxygen atoms in total. The normalized spacial score (nSPS) is 12.1. The van der Waals surface area contributed by atoms with Gasteiger partial charge in [-0.2, -0.15) is 0 Å². The molecule has 1 atom stereocenters. The van der Waals surface area contributed by atoms with E-state index >= 15 is 0 Å². The van der Waals surface area contributed by atoms with E-state index in [0.29, 0.717) is 5.75 Å². The number of fused-ring (bicyclic) bond motifs is 1. The molecule has 5 heteroatoms. The van der Waals surface area contributed by atoms with Crippen LogP contribution >= 0.6 is 11.3 Å². The number of rotatable bonds is 6. The first-order valence-electron chi connectivity index (χ1n) is 8.41. The molecule has 130 valence electrons. The number of amides is 1. The fraction of sp³-hybridized carbons (Fsp3) is 0.300. The zero-order valence-electron chi connectivity index (χ0n) is 14.7. The van der Waals surface area contributed by atoms with Crippen molar-refractivity contribution in [3.63, 3.8) is 0 Å². The summed E-state index contributed by atoms with van der Waals surface area (Å²) in [5, 5.41) is 0.935. The van der Waals surface area contributed by atoms with E-state index in [0.717, 1.165) is 21.6 Å². The van der Waals surface area contributed by atoms with Crippen LogP contribution in [0.1, 0.15) is 30.5 Å². The second kappa shape index (κ2) is 7.66. The average Bonchev–Trinajstić information content (AvgIpc) is 3.09. The van der Waals surface area contributed by atoms with Gasteiger partial charge in [-0.05, 0) is 43.2 Å². The summed E-state index contributed by atoms with van der Waals surface area (Å²) >= 11 is 1.62. The van der Waals surface area contributed by atoms with Crippen molar-refractivity contribution in [3.05, 3.63) is 59.1 Å². The standard InChI is InChI=1S/C20H22N2O2S/c1-4-15-9-11-16(12-10-15)24-13-19(23)22(3)14(2)20-21-17-7-5-6-8-18(17)25-20/h5-12,14H,4,13H2,1-3H3/t14-/m0/s1. The maximum Gasteiger partial charge on any atom is 0.260 e. The van der Waals surface area contributed by atoms with E-state index in [1.165, 1.54) is 5.56 Å². The van der Waals surface area contributed by atoms with Crippen LogP contribution < -0.4 is 4.74 Å². The summed E-state index contributed by atoms with van der Waals surface area (Å²) in [6, 6.07) is 15.8. The molecule has 1 aromatic heterocycles. The Balaban J connectivity index is 1.62. The molecule has 2 aromatic carbocycles. The summed E-state index contributed by atoms with van der Waals surface area (Å²) in [5.74, 6) is 0.651. The molecule has 0 saturated carbocycles. The Bertz CT molecular complexity index is 825. The van der Waals surface area contributed by atoms with E-state index in [-0.39, 0.29) is 18.6 Å². The molecule has 0 radical (unpaired) electrons. The topological polar surface area (TPSA) is 42.4 Å². The number of likely N-dealkylation sites (N-methyl/N-ethyl adjacent to an activating group) is 1. The Morgan fingerprint density at radius 2 is 1.92 bits per heavy atom. The van der Waals surface area contributed by atoms with E-state index in [2.05, 4.69) is 11.9 Å². The summed E-state index contributed by atoms with van der Waals surface area (Å²) in [7, 11) is 1.79. The molecular formula is C20H22N2O2S. The lowest BCUT2D eigenvalue weighted by atomic mass is 10.2. The molecule has 0 fully saturated rings. The molecular weight excluding hydrogens is 332 g/mol. The smallest absolute Gasteiger partial charge is 0.260 e. The van der Waals surface area contributed by atoms with E-state index in [9.17, 15) is 4.79 Å². The molecule has 0 spiro atoms. The third-order valence-corrected chi connectivity index (χ3v) is 5.54. The number of para-hydroxylation sites is 1. The number of nitrogens with zero attached hydrogens (tertiary/aromatic N) is 2. The highest BCUT2D eigenvalue weighted by Gasteiger charge is 2.21. The summed E-state index contributed by atoms with van der Waals surface area (Å²) in [4.78, 5) is 18.8. The van der Waals surface area contributed by atoms with Crippen LogP contribution in [0.4, 0.5) is 0 Å². The molecule has 0 N–H and O–H groups in total. The van der Waals surface area contributed by atoms with Crippen molar-refractivity contribution in [1.82, 2.24) is 9.88 Å². The zero-order valence-corrected chi connectivity index (χ0v) is 15.5. The van der Waals surface area contributed by atoms with Crippen LogP contribution in [0.3, 0.4) is 0 Å². The number of hydrogen-bond acceptors (Lipinski definition) is 4. The number of carbonyl (C=O) groups excluding carboxylic acids is 1. The monoisotopic (exact) mass is 354 g/mol. The molecule has 0 saturated heterocycles. The van der Waals surface area contributed by atoms with Crippen molar-refractivity contribution in [2.75, 3.05) is 13.7 Å². The van der Waals surface area contributed by atoms with Crippen LogP contribution in [-0.4, -0.2) is 29.4 Å². The molecule has 1 heterocycles. The van der Waals surface area contributed by atoms with E-state index in [1.54, 1.807) is 23.3 Å². The van der Waals surface area contributed by atoms with Crippen molar-refractivity contribution in [2.24, 2.45) is 0 Å². The van der Waals surface area contributed by atoms with Gasteiger partial charge in [0.2, 0.25) is 0 Å². The highest BCUT2D eigenvalue weighted by atomic mass is 32.1. The van der Waals surface area contributed by atoms with E-state index < -0.39 is 0 Å². The van der Waals surface area contributed by atoms with Gasteiger partial charge in [-0.15, -0.1) is 11.3 Å². The first-order chi connectivity index (χ1) is 12.1. The van der Waals surface area contributed by atoms with Gasteiger partial charge in [0, 0.05) is 7.05 Å². The fourth-order valence-corrected chi connectivity index (χ4v) is 3.58. The number of benzene rings is 2. The average molecular weight is 354 g/mol. The number of carbonyl (C=O) groups is 1. The largest absolute Gasteiger partial charge is 0.484 e. The SMILES string of the molecule is CCc1ccc(OCC(=O)N(C)[C@@H](C)c2nc3ccccc3s2)cc1. The van der Waals surface area contributed by atoms with Crippen LogP contribution in [-0.2, 0) is 11.2 Å². The summed E-state index contributed by atoms with van der Waals surface area (Å²) in [6.45, 7) is 4.13. The second-order valence-electron chi connectivity index (χ2n) is 5.99. The number of aromatic nitrogens is 1. The highest BCUT2D eigenvalue weighted by molar-refractivity contribution is 7.18. The second-order valence-corrected chi connectivity index (χ2v) is 7.05. The lowest BCUT2D eigenvalue weighted by Crippen LogP contribution is -2.33. The Kier molecular flexibility index (Phi) is 5.34. The van der Waals surface area contributed by atoms with E-state index in [4.69, 9.17) is 4.74 Å². The fourth-order valence-electron chi connectivity index (χ4n) is 2.52. The maximum atomic E-state index is 12.4. The third-order valence-electron chi connectivity index (χ3n) is 4.34. The van der Waals surface area contributed by atoms with Gasteiger partial charge in [-0.1, -0.05) is 31.2 Å². The molecule has 1 amide bonds. The summed E-state index contributed by atoms with van der Waals surface area (Å²) < 4.78 is 6.76. The number of ether oxygens (including phenoxy) is 1. The zero-order chi connectivity index (χ0) is 17.8. The van der Waals surface area contributed by atoms with Gasteiger partial charge in [-0.25, -0.2) is 4.98 Å². The first kappa shape index (κ1) is 17.4. The number of thiazole rings is 1. The van der Waals surface area contributed by atoms with Crippen molar-refractivity contribution >= 4 is 27.5 Å². The van der Waals surface area contributed by atoms with Gasteiger partial charge < -0.3 is 9.64 Å². The van der Waals surface area contributed by atoms with Gasteiger partial charge in [0.1, 0.15) is 10.8 Å². The van der Waals surface area contributed by atoms with Gasteiger partial charge in [0.15, 0.2) is 6.61 Å². The van der Waals surface area contributed by atoms with E-state index in [1.807, 2.05) is 55.5 Å². The lowest BCUT2D eigenvalue weighted by Gasteiger charge is -2.23. The summed E-state index contributed by atoms with van der Waals surface area (Å²) in [5.41, 5.74) is 2.22. The minimum absolute atomic E-state index is 0.0250. The first-order valence-corrected chi connectivity index (χ1v) is 9.23. The quantitative estimate of drug-likeness (QED) is 0.656. The Morgan fingerprint density at radius 1 is 1.20 bits per heavy atom. The van der Waals surface area contributed by atoms with Crippen molar-refractivity contribution in [2.45, 2.75) is 26.3 Å². The Hall–Kier alpha value is -2.40. The molecule has 0 unspecified atom stereocenters. The minimum atomic E-state index is -0.0871. The van der Waals surface area contributed by atoms with Gasteiger partial charge >= 0.3 is 0 Å². The summed E-state index contributed by atoms with van der Waals surface area (Å²) in [6.07, 6.45) is 0.988. The van der Waals surface area contributed by atoms with Gasteiger partial charge in [0.25, 0.3) is 5.91 Å². The lowest BCUT2D eigenvalue weighted by molar-refractivity contribution is -0.134. The van der Waals surface area contributed by atoms with Crippen molar-refractivity contribution < 1.29 is 9.53 Å². The molecule has 25 heavy (non-hydrogen) atoms. The molecule has 3 aromatic rings. The molecule has 0 aliphatic rings. The Labute approximate surface area is 152 Å². The molecule has 3 rings (SSSR count). The Morgan fingerprint density at radius 3 is 2.60 bits per heavy atom. The number of aryl methyl sites for hydroxylation is 1. The van der Waals surface area contributed by atoms with Crippen molar-refractivity contribution in [3.8, 4) is 5.75 Å². The highest BCUT2D eigenvalue weighted by Crippen LogP contribution is 2.28. The van der Waals surface area contributed by atoms with Crippen LogP contribution in [0, 0.1) is 0 Å². The molecule has 0 bridgehead atoms. The number of hydrogen-bond donors (Lipinski definition) is 0. The van der Waals surface area contributed by atoms with Crippen LogP contribution in [0.5, 0.6) is 5.75 Å². The molecule has 0 aliphatic carbocycles. The van der Waals surface area contributed by atoms with Gasteiger partial charge in [0.05, 0.1) is 16.3 Å². The molecule has 0 aliphatic heterocycles. The van der Waals surface area contributed by atoms with Crippen molar-refractivity contribution in [1.29, 1.82) is 0 Å².